The van der Waals surface area contributed by atoms with Gasteiger partial charge in [0.1, 0.15) is 0 Å². The fourth-order valence-corrected chi connectivity index (χ4v) is 3.53. The number of hydrogen-bond donors (Lipinski definition) is 0. The van der Waals surface area contributed by atoms with Crippen molar-refractivity contribution in [3.05, 3.63) is 11.7 Å². The highest BCUT2D eigenvalue weighted by Gasteiger charge is 2.25. The highest BCUT2D eigenvalue weighted by atomic mass is 16.5. The first-order valence-electron chi connectivity index (χ1n) is 8.49. The molecule has 124 valence electrons. The maximum atomic E-state index is 5.46. The molecule has 1 aromatic rings. The first-order chi connectivity index (χ1) is 10.6. The van der Waals surface area contributed by atoms with Crippen molar-refractivity contribution in [1.29, 1.82) is 0 Å². The molecular formula is C16H29N5O. The molecule has 3 rings (SSSR count). The van der Waals surface area contributed by atoms with Gasteiger partial charge in [0.2, 0.25) is 5.89 Å². The zero-order chi connectivity index (χ0) is 15.5. The Labute approximate surface area is 133 Å². The van der Waals surface area contributed by atoms with E-state index < -0.39 is 0 Å². The third kappa shape index (κ3) is 4.06. The molecule has 0 aliphatic carbocycles. The van der Waals surface area contributed by atoms with E-state index in [1.165, 1.54) is 32.4 Å². The van der Waals surface area contributed by atoms with Crippen LogP contribution in [0, 0.1) is 5.92 Å². The number of hydrogen-bond acceptors (Lipinski definition) is 6. The van der Waals surface area contributed by atoms with Crippen molar-refractivity contribution in [1.82, 2.24) is 24.8 Å². The molecule has 2 fully saturated rings. The van der Waals surface area contributed by atoms with Crippen LogP contribution in [0.4, 0.5) is 0 Å². The van der Waals surface area contributed by atoms with Crippen LogP contribution in [-0.4, -0.2) is 78.2 Å². The third-order valence-corrected chi connectivity index (χ3v) is 5.16. The topological polar surface area (TPSA) is 48.6 Å². The summed E-state index contributed by atoms with van der Waals surface area (Å²) < 4.78 is 5.46. The van der Waals surface area contributed by atoms with Gasteiger partial charge in [0, 0.05) is 25.6 Å². The van der Waals surface area contributed by atoms with Gasteiger partial charge < -0.3 is 14.3 Å². The zero-order valence-electron chi connectivity index (χ0n) is 14.2. The minimum atomic E-state index is 0.654. The molecule has 0 bridgehead atoms. The fourth-order valence-electron chi connectivity index (χ4n) is 3.53. The van der Waals surface area contributed by atoms with Gasteiger partial charge in [-0.15, -0.1) is 0 Å². The number of rotatable bonds is 5. The van der Waals surface area contributed by atoms with E-state index in [4.69, 9.17) is 4.52 Å². The molecule has 2 saturated heterocycles. The van der Waals surface area contributed by atoms with Crippen molar-refractivity contribution in [3.63, 3.8) is 0 Å². The summed E-state index contributed by atoms with van der Waals surface area (Å²) in [4.78, 5) is 11.7. The van der Waals surface area contributed by atoms with Crippen LogP contribution < -0.4 is 0 Å². The summed E-state index contributed by atoms with van der Waals surface area (Å²) in [6, 6.07) is 0.654. The lowest BCUT2D eigenvalue weighted by Crippen LogP contribution is -2.31. The van der Waals surface area contributed by atoms with Gasteiger partial charge in [-0.25, -0.2) is 0 Å². The van der Waals surface area contributed by atoms with Crippen molar-refractivity contribution in [2.24, 2.45) is 5.92 Å². The van der Waals surface area contributed by atoms with E-state index in [0.717, 1.165) is 37.8 Å². The van der Waals surface area contributed by atoms with Gasteiger partial charge in [0.05, 0.1) is 6.54 Å². The normalized spacial score (nSPS) is 25.4. The number of nitrogens with zero attached hydrogens (tertiary/aromatic N) is 5. The molecule has 0 N–H and O–H groups in total. The van der Waals surface area contributed by atoms with Crippen molar-refractivity contribution < 1.29 is 4.52 Å². The molecule has 0 aromatic carbocycles. The predicted octanol–water partition coefficient (Wildman–Crippen LogP) is 1.09. The van der Waals surface area contributed by atoms with Gasteiger partial charge in [0.25, 0.3) is 0 Å². The molecule has 22 heavy (non-hydrogen) atoms. The van der Waals surface area contributed by atoms with Crippen LogP contribution in [0.3, 0.4) is 0 Å². The summed E-state index contributed by atoms with van der Waals surface area (Å²) in [5, 5.41) is 4.19. The van der Waals surface area contributed by atoms with Crippen LogP contribution in [0.5, 0.6) is 0 Å². The summed E-state index contributed by atoms with van der Waals surface area (Å²) in [6.45, 7) is 5.39. The molecule has 6 nitrogen and oxygen atoms in total. The lowest BCUT2D eigenvalue weighted by molar-refractivity contribution is 0.216. The highest BCUT2D eigenvalue weighted by Crippen LogP contribution is 2.20. The SMILES string of the molecule is CN1CCC(Cc2noc(CN3CCC(N(C)C)C3)n2)CC1. The van der Waals surface area contributed by atoms with Crippen molar-refractivity contribution >= 4 is 0 Å². The number of aromatic nitrogens is 2. The van der Waals surface area contributed by atoms with Gasteiger partial charge in [-0.05, 0) is 59.4 Å². The van der Waals surface area contributed by atoms with E-state index in [0.29, 0.717) is 12.0 Å². The third-order valence-electron chi connectivity index (χ3n) is 5.16. The van der Waals surface area contributed by atoms with Gasteiger partial charge in [0.15, 0.2) is 5.82 Å². The average Bonchev–Trinajstić information content (AvgIpc) is 3.12. The Balaban J connectivity index is 1.47. The van der Waals surface area contributed by atoms with Gasteiger partial charge in [-0.2, -0.15) is 4.98 Å². The largest absolute Gasteiger partial charge is 0.338 e. The fraction of sp³-hybridized carbons (Fsp3) is 0.875. The lowest BCUT2D eigenvalue weighted by atomic mass is 9.94. The van der Waals surface area contributed by atoms with E-state index in [2.05, 4.69) is 46.0 Å². The highest BCUT2D eigenvalue weighted by molar-refractivity contribution is 4.91. The Bertz CT molecular complexity index is 467. The molecule has 1 unspecified atom stereocenters. The van der Waals surface area contributed by atoms with Crippen LogP contribution in [0.15, 0.2) is 4.52 Å². The van der Waals surface area contributed by atoms with Crippen LogP contribution in [-0.2, 0) is 13.0 Å². The van der Waals surface area contributed by atoms with E-state index in [1.807, 2.05) is 0 Å². The molecule has 0 saturated carbocycles. The second kappa shape index (κ2) is 7.06. The Morgan fingerprint density at radius 1 is 1.18 bits per heavy atom. The minimum absolute atomic E-state index is 0.654. The smallest absolute Gasteiger partial charge is 0.240 e. The lowest BCUT2D eigenvalue weighted by Gasteiger charge is -2.28. The Morgan fingerprint density at radius 3 is 2.64 bits per heavy atom. The number of likely N-dealkylation sites (tertiary alicyclic amines) is 2. The van der Waals surface area contributed by atoms with Crippen molar-refractivity contribution in [2.45, 2.75) is 38.3 Å². The molecule has 6 heteroatoms. The molecular weight excluding hydrogens is 278 g/mol. The Kier molecular flexibility index (Phi) is 5.10. The molecule has 0 spiro atoms. The van der Waals surface area contributed by atoms with Gasteiger partial charge >= 0.3 is 0 Å². The first kappa shape index (κ1) is 15.9. The van der Waals surface area contributed by atoms with E-state index in [1.54, 1.807) is 0 Å². The van der Waals surface area contributed by atoms with Crippen molar-refractivity contribution in [3.8, 4) is 0 Å². The summed E-state index contributed by atoms with van der Waals surface area (Å²) >= 11 is 0. The Morgan fingerprint density at radius 2 is 1.95 bits per heavy atom. The second-order valence-electron chi connectivity index (χ2n) is 7.20. The number of likely N-dealkylation sites (N-methyl/N-ethyl adjacent to an activating group) is 1. The Hall–Kier alpha value is -0.980. The minimum Gasteiger partial charge on any atom is -0.338 e. The van der Waals surface area contributed by atoms with E-state index in [9.17, 15) is 0 Å². The summed E-state index contributed by atoms with van der Waals surface area (Å²) in [7, 11) is 6.50. The van der Waals surface area contributed by atoms with Gasteiger partial charge in [-0.3, -0.25) is 4.90 Å². The molecule has 0 radical (unpaired) electrons. The molecule has 1 atom stereocenters. The summed E-state index contributed by atoms with van der Waals surface area (Å²) in [5.74, 6) is 2.39. The van der Waals surface area contributed by atoms with Crippen LogP contribution in [0.2, 0.25) is 0 Å². The summed E-state index contributed by atoms with van der Waals surface area (Å²) in [6.07, 6.45) is 4.69. The monoisotopic (exact) mass is 307 g/mol. The molecule has 0 amide bonds. The van der Waals surface area contributed by atoms with Gasteiger partial charge in [-0.1, -0.05) is 5.16 Å². The van der Waals surface area contributed by atoms with Crippen LogP contribution in [0.1, 0.15) is 31.0 Å². The molecule has 2 aliphatic heterocycles. The van der Waals surface area contributed by atoms with Crippen molar-refractivity contribution in [2.75, 3.05) is 47.3 Å². The zero-order valence-corrected chi connectivity index (χ0v) is 14.2. The quantitative estimate of drug-likeness (QED) is 0.811. The van der Waals surface area contributed by atoms with E-state index in [-0.39, 0.29) is 0 Å². The molecule has 1 aromatic heterocycles. The first-order valence-corrected chi connectivity index (χ1v) is 8.49. The van der Waals surface area contributed by atoms with Crippen LogP contribution in [0.25, 0.3) is 0 Å². The number of piperidine rings is 1. The predicted molar refractivity (Wildman–Crippen MR) is 85.6 cm³/mol. The standard InChI is InChI=1S/C16H29N5O/c1-19(2)14-6-9-21(11-14)12-16-17-15(18-22-16)10-13-4-7-20(3)8-5-13/h13-14H,4-12H2,1-3H3. The maximum absolute atomic E-state index is 5.46. The average molecular weight is 307 g/mol. The van der Waals surface area contributed by atoms with E-state index >= 15 is 0 Å². The maximum Gasteiger partial charge on any atom is 0.240 e. The molecule has 2 aliphatic rings. The van der Waals surface area contributed by atoms with Crippen LogP contribution >= 0.6 is 0 Å². The summed E-state index contributed by atoms with van der Waals surface area (Å²) in [5.41, 5.74) is 0. The molecule has 3 heterocycles. The second-order valence-corrected chi connectivity index (χ2v) is 7.20.